The van der Waals surface area contributed by atoms with Gasteiger partial charge in [0.25, 0.3) is 0 Å². The fourth-order valence-corrected chi connectivity index (χ4v) is 4.66. The number of carbonyl (C=O) groups is 2. The number of carbonyl (C=O) groups excluding carboxylic acids is 1. The van der Waals surface area contributed by atoms with Crippen LogP contribution in [0.5, 0.6) is 0 Å². The lowest BCUT2D eigenvalue weighted by Crippen LogP contribution is -2.38. The van der Waals surface area contributed by atoms with Crippen LogP contribution >= 0.6 is 11.6 Å². The van der Waals surface area contributed by atoms with Gasteiger partial charge in [0.05, 0.1) is 22.6 Å². The Morgan fingerprint density at radius 1 is 1.30 bits per heavy atom. The summed E-state index contributed by atoms with van der Waals surface area (Å²) in [6.45, 7) is 0.431. The molecule has 2 aliphatic rings. The fourth-order valence-electron chi connectivity index (χ4n) is 4.37. The van der Waals surface area contributed by atoms with Gasteiger partial charge in [-0.2, -0.15) is 13.2 Å². The van der Waals surface area contributed by atoms with E-state index in [1.807, 2.05) is 29.8 Å². The Kier molecular flexibility index (Phi) is 6.28. The molecule has 2 aliphatic carbocycles. The van der Waals surface area contributed by atoms with Crippen LogP contribution in [0, 0.1) is 17.8 Å². The van der Waals surface area contributed by atoms with Gasteiger partial charge in [0, 0.05) is 19.0 Å². The molecule has 0 spiro atoms. The number of aliphatic carboxylic acids is 1. The number of carboxylic acid groups (broad SMARTS) is 1. The molecule has 2 aromatic rings. The molecule has 30 heavy (non-hydrogen) atoms. The normalized spacial score (nSPS) is 25.1. The molecular formula is C19H22ClF3N4O3. The van der Waals surface area contributed by atoms with Crippen molar-refractivity contribution in [3.63, 3.8) is 0 Å². The maximum absolute atomic E-state index is 12.5. The first kappa shape index (κ1) is 22.4. The van der Waals surface area contributed by atoms with E-state index in [9.17, 15) is 18.0 Å². The highest BCUT2D eigenvalue weighted by Crippen LogP contribution is 2.47. The van der Waals surface area contributed by atoms with Crippen LogP contribution in [-0.2, 0) is 23.2 Å². The van der Waals surface area contributed by atoms with Crippen molar-refractivity contribution >= 4 is 34.5 Å². The third-order valence-corrected chi connectivity index (χ3v) is 6.15. The summed E-state index contributed by atoms with van der Waals surface area (Å²) >= 11 is 6.24. The molecule has 4 rings (SSSR count). The van der Waals surface area contributed by atoms with Gasteiger partial charge in [-0.1, -0.05) is 17.7 Å². The first-order valence-corrected chi connectivity index (χ1v) is 9.80. The molecule has 0 radical (unpaired) electrons. The zero-order valence-electron chi connectivity index (χ0n) is 16.1. The predicted molar refractivity (Wildman–Crippen MR) is 104 cm³/mol. The molecular weight excluding hydrogens is 425 g/mol. The van der Waals surface area contributed by atoms with Crippen molar-refractivity contribution in [2.45, 2.75) is 38.0 Å². The van der Waals surface area contributed by atoms with Crippen molar-refractivity contribution in [2.75, 3.05) is 0 Å². The second kappa shape index (κ2) is 8.43. The van der Waals surface area contributed by atoms with Gasteiger partial charge in [0.2, 0.25) is 5.91 Å². The molecule has 0 saturated heterocycles. The van der Waals surface area contributed by atoms with E-state index >= 15 is 0 Å². The summed E-state index contributed by atoms with van der Waals surface area (Å²) in [4.78, 5) is 26.0. The van der Waals surface area contributed by atoms with Crippen LogP contribution in [0.25, 0.3) is 11.0 Å². The number of alkyl halides is 3. The number of nitrogens with one attached hydrogen (secondary N) is 1. The molecule has 0 unspecified atom stereocenters. The average molecular weight is 447 g/mol. The zero-order valence-corrected chi connectivity index (χ0v) is 16.9. The van der Waals surface area contributed by atoms with E-state index in [-0.39, 0.29) is 11.8 Å². The van der Waals surface area contributed by atoms with Crippen LogP contribution in [0.1, 0.15) is 25.1 Å². The predicted octanol–water partition coefficient (Wildman–Crippen LogP) is 2.85. The number of amides is 1. The second-order valence-electron chi connectivity index (χ2n) is 7.71. The quantitative estimate of drug-likeness (QED) is 0.671. The van der Waals surface area contributed by atoms with Crippen LogP contribution in [0.15, 0.2) is 18.2 Å². The van der Waals surface area contributed by atoms with Gasteiger partial charge in [-0.15, -0.1) is 0 Å². The third-order valence-electron chi connectivity index (χ3n) is 5.85. The average Bonchev–Trinajstić information content (AvgIpc) is 3.32. The van der Waals surface area contributed by atoms with Crippen LogP contribution < -0.4 is 11.1 Å². The summed E-state index contributed by atoms with van der Waals surface area (Å²) in [5.74, 6) is -0.676. The summed E-state index contributed by atoms with van der Waals surface area (Å²) in [6, 6.07) is 5.97. The van der Waals surface area contributed by atoms with E-state index in [1.165, 1.54) is 0 Å². The highest BCUT2D eigenvalue weighted by atomic mass is 35.5. The topological polar surface area (TPSA) is 110 Å². The monoisotopic (exact) mass is 446 g/mol. The van der Waals surface area contributed by atoms with Crippen molar-refractivity contribution in [2.24, 2.45) is 30.5 Å². The lowest BCUT2D eigenvalue weighted by Gasteiger charge is -2.24. The number of aromatic nitrogens is 2. The standard InChI is InChI=1S/C17H21ClN4O.C2HF3O2/c1-22-15(21-14-4-2-3-12(18)16(14)22)8-20-17(23)11-6-10-5-9(11)7-13(10)19;3-2(4,5)1(6)7/h2-4,9-11,13H,5-8,19H2,1H3,(H,20,23);(H,6,7)/t9-,10-,11-,13-;/m1./s1. The number of nitrogens with zero attached hydrogens (tertiary/aromatic N) is 2. The number of hydrogen-bond donors (Lipinski definition) is 3. The number of benzene rings is 1. The number of aryl methyl sites for hydroxylation is 1. The minimum Gasteiger partial charge on any atom is -0.475 e. The minimum absolute atomic E-state index is 0.123. The molecule has 2 saturated carbocycles. The van der Waals surface area contributed by atoms with E-state index < -0.39 is 12.1 Å². The molecule has 0 aliphatic heterocycles. The summed E-state index contributed by atoms with van der Waals surface area (Å²) in [7, 11) is 1.93. The molecule has 2 fully saturated rings. The van der Waals surface area contributed by atoms with Crippen LogP contribution in [0.4, 0.5) is 13.2 Å². The maximum atomic E-state index is 12.5. The first-order chi connectivity index (χ1) is 14.0. The number of nitrogens with two attached hydrogens (primary N) is 1. The molecule has 1 heterocycles. The van der Waals surface area contributed by atoms with Crippen molar-refractivity contribution in [1.82, 2.24) is 14.9 Å². The van der Waals surface area contributed by atoms with Crippen LogP contribution in [0.2, 0.25) is 5.02 Å². The molecule has 7 nitrogen and oxygen atoms in total. The smallest absolute Gasteiger partial charge is 0.475 e. The Labute approximate surface area is 175 Å². The number of rotatable bonds is 3. The summed E-state index contributed by atoms with van der Waals surface area (Å²) in [5.41, 5.74) is 7.83. The molecule has 1 aromatic heterocycles. The van der Waals surface area contributed by atoms with Gasteiger partial charge in [0.1, 0.15) is 5.82 Å². The number of imidazole rings is 1. The number of hydrogen-bond acceptors (Lipinski definition) is 4. The van der Waals surface area contributed by atoms with Gasteiger partial charge < -0.3 is 20.7 Å². The Hall–Kier alpha value is -2.33. The van der Waals surface area contributed by atoms with Crippen molar-refractivity contribution < 1.29 is 27.9 Å². The van der Waals surface area contributed by atoms with Crippen molar-refractivity contribution in [1.29, 1.82) is 0 Å². The Bertz CT molecular complexity index is 960. The molecule has 11 heteroatoms. The van der Waals surface area contributed by atoms with E-state index in [2.05, 4.69) is 10.3 Å². The number of carboxylic acids is 1. The maximum Gasteiger partial charge on any atom is 0.490 e. The van der Waals surface area contributed by atoms with E-state index in [0.29, 0.717) is 29.4 Å². The summed E-state index contributed by atoms with van der Waals surface area (Å²) in [6.07, 6.45) is -2.04. The highest BCUT2D eigenvalue weighted by Gasteiger charge is 2.47. The molecule has 164 valence electrons. The number of halogens is 4. The van der Waals surface area contributed by atoms with Gasteiger partial charge in [-0.05, 0) is 43.2 Å². The Morgan fingerprint density at radius 3 is 2.47 bits per heavy atom. The molecule has 4 atom stereocenters. The Morgan fingerprint density at radius 2 is 1.97 bits per heavy atom. The Balaban J connectivity index is 0.000000318. The largest absolute Gasteiger partial charge is 0.490 e. The second-order valence-corrected chi connectivity index (χ2v) is 8.12. The lowest BCUT2D eigenvalue weighted by atomic mass is 9.86. The summed E-state index contributed by atoms with van der Waals surface area (Å²) < 4.78 is 33.7. The first-order valence-electron chi connectivity index (χ1n) is 9.42. The minimum atomic E-state index is -5.08. The van der Waals surface area contributed by atoms with Crippen LogP contribution in [0.3, 0.4) is 0 Å². The zero-order chi connectivity index (χ0) is 22.2. The van der Waals surface area contributed by atoms with Crippen molar-refractivity contribution in [3.05, 3.63) is 29.0 Å². The number of para-hydroxylation sites is 1. The molecule has 4 N–H and O–H groups in total. The van der Waals surface area contributed by atoms with E-state index in [0.717, 1.165) is 36.1 Å². The summed E-state index contributed by atoms with van der Waals surface area (Å²) in [5, 5.41) is 10.9. The van der Waals surface area contributed by atoms with Crippen LogP contribution in [-0.4, -0.2) is 38.8 Å². The fraction of sp³-hybridized carbons (Fsp3) is 0.526. The highest BCUT2D eigenvalue weighted by molar-refractivity contribution is 6.35. The SMILES string of the molecule is Cn1c(CNC(=O)[C@@H]2C[C@H]3C[C@@H]2C[C@H]3N)nc2cccc(Cl)c21.O=C(O)C(F)(F)F. The van der Waals surface area contributed by atoms with Crippen molar-refractivity contribution in [3.8, 4) is 0 Å². The number of fused-ring (bicyclic) bond motifs is 3. The van der Waals surface area contributed by atoms with E-state index in [4.69, 9.17) is 27.2 Å². The third kappa shape index (κ3) is 4.54. The molecule has 1 aromatic carbocycles. The van der Waals surface area contributed by atoms with E-state index in [1.54, 1.807) is 0 Å². The van der Waals surface area contributed by atoms with Gasteiger partial charge in [-0.25, -0.2) is 9.78 Å². The molecule has 2 bridgehead atoms. The van der Waals surface area contributed by atoms with Gasteiger partial charge in [-0.3, -0.25) is 4.79 Å². The van der Waals surface area contributed by atoms with Gasteiger partial charge in [0.15, 0.2) is 0 Å². The van der Waals surface area contributed by atoms with Gasteiger partial charge >= 0.3 is 12.1 Å². The molecule has 1 amide bonds. The lowest BCUT2D eigenvalue weighted by molar-refractivity contribution is -0.192.